The summed E-state index contributed by atoms with van der Waals surface area (Å²) in [6, 6.07) is 8.03. The first-order valence-corrected chi connectivity index (χ1v) is 10.7. The Morgan fingerprint density at radius 2 is 1.85 bits per heavy atom. The number of carbonyl (C=O) groups excluding carboxylic acids is 1. The molecule has 4 N–H and O–H groups in total. The fourth-order valence-electron chi connectivity index (χ4n) is 4.20. The fourth-order valence-corrected chi connectivity index (χ4v) is 4.20. The number of methoxy groups -OCH3 is 1. The van der Waals surface area contributed by atoms with E-state index in [2.05, 4.69) is 0 Å². The molecular formula is C23H24O11. The molecule has 1 fully saturated rings. The van der Waals surface area contributed by atoms with Crippen molar-refractivity contribution < 1.29 is 53.6 Å². The number of aliphatic hydroxyl groups excluding tert-OH is 4. The van der Waals surface area contributed by atoms with E-state index in [1.807, 2.05) is 0 Å². The lowest BCUT2D eigenvalue weighted by atomic mass is 9.95. The molecule has 0 bridgehead atoms. The molecule has 2 aromatic rings. The predicted octanol–water partition coefficient (Wildman–Crippen LogP) is 0.309. The smallest absolute Gasteiger partial charge is 0.231 e. The van der Waals surface area contributed by atoms with Crippen LogP contribution in [0.3, 0.4) is 0 Å². The topological polar surface area (TPSA) is 153 Å². The summed E-state index contributed by atoms with van der Waals surface area (Å²) < 4.78 is 33.3. The maximum atomic E-state index is 13.0. The second kappa shape index (κ2) is 8.93. The van der Waals surface area contributed by atoms with E-state index in [-0.39, 0.29) is 30.3 Å². The Hall–Kier alpha value is -3.09. The van der Waals surface area contributed by atoms with E-state index >= 15 is 0 Å². The molecular weight excluding hydrogens is 452 g/mol. The van der Waals surface area contributed by atoms with Crippen LogP contribution in [0.4, 0.5) is 0 Å². The summed E-state index contributed by atoms with van der Waals surface area (Å²) in [6.45, 7) is -0.493. The molecule has 1 saturated heterocycles. The van der Waals surface area contributed by atoms with Gasteiger partial charge in [-0.25, -0.2) is 0 Å². The van der Waals surface area contributed by atoms with Crippen molar-refractivity contribution in [2.45, 2.75) is 43.2 Å². The zero-order chi connectivity index (χ0) is 24.0. The first-order chi connectivity index (χ1) is 16.4. The number of fused-ring (bicyclic) bond motifs is 2. The highest BCUT2D eigenvalue weighted by Gasteiger charge is 2.45. The number of benzene rings is 2. The third-order valence-corrected chi connectivity index (χ3v) is 6.04. The average molecular weight is 476 g/mol. The van der Waals surface area contributed by atoms with Gasteiger partial charge in [0.05, 0.1) is 25.7 Å². The zero-order valence-electron chi connectivity index (χ0n) is 18.1. The SMILES string of the molecule is COc1cc(C2CC(=O)c3cc(OC4OC(CO)C(O)C(O)C4O)ccc3O2)cc2c1OCO2. The van der Waals surface area contributed by atoms with E-state index in [0.717, 1.165) is 0 Å². The minimum atomic E-state index is -1.57. The van der Waals surface area contributed by atoms with Crippen molar-refractivity contribution in [1.29, 1.82) is 0 Å². The van der Waals surface area contributed by atoms with Crippen molar-refractivity contribution >= 4 is 5.78 Å². The van der Waals surface area contributed by atoms with Crippen molar-refractivity contribution in [2.75, 3.05) is 20.5 Å². The first-order valence-electron chi connectivity index (χ1n) is 10.7. The van der Waals surface area contributed by atoms with Gasteiger partial charge < -0.3 is 48.8 Å². The van der Waals surface area contributed by atoms with Gasteiger partial charge in [-0.1, -0.05) is 0 Å². The van der Waals surface area contributed by atoms with E-state index in [9.17, 15) is 25.2 Å². The third-order valence-electron chi connectivity index (χ3n) is 6.04. The Kier molecular flexibility index (Phi) is 5.96. The van der Waals surface area contributed by atoms with Crippen molar-refractivity contribution in [1.82, 2.24) is 0 Å². The zero-order valence-corrected chi connectivity index (χ0v) is 18.1. The molecule has 0 radical (unpaired) electrons. The quantitative estimate of drug-likeness (QED) is 0.471. The molecule has 0 aliphatic carbocycles. The van der Waals surface area contributed by atoms with Crippen molar-refractivity contribution in [3.8, 4) is 28.7 Å². The standard InChI is InChI=1S/C23H24O11/c1-29-16-4-10(5-17-22(16)31-9-30-17)15-7-13(25)12-6-11(2-3-14(12)33-15)32-23-21(28)20(27)19(26)18(8-24)34-23/h2-6,15,18-21,23-24,26-28H,7-9H2,1H3. The summed E-state index contributed by atoms with van der Waals surface area (Å²) >= 11 is 0. The van der Waals surface area contributed by atoms with Crippen molar-refractivity contribution in [3.63, 3.8) is 0 Å². The minimum absolute atomic E-state index is 0.0549. The number of aliphatic hydroxyl groups is 4. The van der Waals surface area contributed by atoms with Crippen LogP contribution in [0.15, 0.2) is 30.3 Å². The van der Waals surface area contributed by atoms with Gasteiger partial charge in [0.15, 0.2) is 17.3 Å². The lowest BCUT2D eigenvalue weighted by molar-refractivity contribution is -0.277. The summed E-state index contributed by atoms with van der Waals surface area (Å²) in [5.74, 6) is 1.84. The Bertz CT molecular complexity index is 1080. The van der Waals surface area contributed by atoms with Crippen LogP contribution in [0.1, 0.15) is 28.4 Å². The molecule has 34 heavy (non-hydrogen) atoms. The highest BCUT2D eigenvalue weighted by atomic mass is 16.7. The van der Waals surface area contributed by atoms with Crippen LogP contribution in [0.2, 0.25) is 0 Å². The Balaban J connectivity index is 1.35. The van der Waals surface area contributed by atoms with E-state index in [1.165, 1.54) is 19.2 Å². The summed E-state index contributed by atoms with van der Waals surface area (Å²) in [5.41, 5.74) is 0.979. The van der Waals surface area contributed by atoms with Gasteiger partial charge in [-0.15, -0.1) is 0 Å². The second-order valence-corrected chi connectivity index (χ2v) is 8.16. The van der Waals surface area contributed by atoms with Crippen LogP contribution in [-0.2, 0) is 4.74 Å². The van der Waals surface area contributed by atoms with Crippen molar-refractivity contribution in [3.05, 3.63) is 41.5 Å². The first kappa shape index (κ1) is 22.7. The second-order valence-electron chi connectivity index (χ2n) is 8.16. The molecule has 3 aliphatic heterocycles. The summed E-state index contributed by atoms with van der Waals surface area (Å²) in [6.07, 6.45) is -7.61. The van der Waals surface area contributed by atoms with E-state index in [4.69, 9.17) is 28.4 Å². The number of Topliss-reactive ketones (excluding diaryl/α,β-unsaturated/α-hetero) is 1. The molecule has 2 aromatic carbocycles. The van der Waals surface area contributed by atoms with Gasteiger partial charge in [-0.2, -0.15) is 0 Å². The number of ether oxygens (including phenoxy) is 6. The average Bonchev–Trinajstić information content (AvgIpc) is 3.33. The number of hydrogen-bond donors (Lipinski definition) is 4. The van der Waals surface area contributed by atoms with E-state index < -0.39 is 43.4 Å². The van der Waals surface area contributed by atoms with E-state index in [0.29, 0.717) is 28.6 Å². The summed E-state index contributed by atoms with van der Waals surface area (Å²) in [7, 11) is 1.51. The molecule has 0 spiro atoms. The molecule has 11 nitrogen and oxygen atoms in total. The van der Waals surface area contributed by atoms with Crippen LogP contribution in [0, 0.1) is 0 Å². The van der Waals surface area contributed by atoms with Gasteiger partial charge in [0.25, 0.3) is 0 Å². The number of carbonyl (C=O) groups is 1. The molecule has 0 saturated carbocycles. The Morgan fingerprint density at radius 3 is 2.62 bits per heavy atom. The predicted molar refractivity (Wildman–Crippen MR) is 112 cm³/mol. The molecule has 182 valence electrons. The maximum Gasteiger partial charge on any atom is 0.231 e. The Labute approximate surface area is 194 Å². The number of rotatable bonds is 5. The normalized spacial score (nSPS) is 29.9. The van der Waals surface area contributed by atoms with Crippen LogP contribution >= 0.6 is 0 Å². The largest absolute Gasteiger partial charge is 0.493 e. The number of hydrogen-bond acceptors (Lipinski definition) is 11. The van der Waals surface area contributed by atoms with E-state index in [1.54, 1.807) is 18.2 Å². The van der Waals surface area contributed by atoms with Gasteiger partial charge in [-0.05, 0) is 30.3 Å². The van der Waals surface area contributed by atoms with Crippen LogP contribution in [-0.4, -0.2) is 77.4 Å². The van der Waals surface area contributed by atoms with Crippen molar-refractivity contribution in [2.24, 2.45) is 0 Å². The van der Waals surface area contributed by atoms with Gasteiger partial charge in [0, 0.05) is 5.56 Å². The molecule has 3 heterocycles. The molecule has 11 heteroatoms. The monoisotopic (exact) mass is 476 g/mol. The van der Waals surface area contributed by atoms with Crippen LogP contribution < -0.4 is 23.7 Å². The molecule has 0 aromatic heterocycles. The van der Waals surface area contributed by atoms with Gasteiger partial charge in [0.1, 0.15) is 42.0 Å². The minimum Gasteiger partial charge on any atom is -0.493 e. The molecule has 5 rings (SSSR count). The van der Waals surface area contributed by atoms with Gasteiger partial charge in [0.2, 0.25) is 18.8 Å². The highest BCUT2D eigenvalue weighted by Crippen LogP contribution is 2.45. The molecule has 0 amide bonds. The number of ketones is 1. The van der Waals surface area contributed by atoms with Gasteiger partial charge in [-0.3, -0.25) is 4.79 Å². The lowest BCUT2D eigenvalue weighted by Crippen LogP contribution is -2.60. The summed E-state index contributed by atoms with van der Waals surface area (Å²) in [5, 5.41) is 39.4. The Morgan fingerprint density at radius 1 is 1.03 bits per heavy atom. The summed E-state index contributed by atoms with van der Waals surface area (Å²) in [4.78, 5) is 13.0. The lowest BCUT2D eigenvalue weighted by Gasteiger charge is -2.39. The van der Waals surface area contributed by atoms with Crippen LogP contribution in [0.5, 0.6) is 28.7 Å². The highest BCUT2D eigenvalue weighted by molar-refractivity contribution is 6.00. The fraction of sp³-hybridized carbons (Fsp3) is 0.435. The maximum absolute atomic E-state index is 13.0. The third kappa shape index (κ3) is 3.91. The molecule has 6 atom stereocenters. The van der Waals surface area contributed by atoms with Crippen LogP contribution in [0.25, 0.3) is 0 Å². The molecule has 6 unspecified atom stereocenters. The molecule has 3 aliphatic rings. The van der Waals surface area contributed by atoms with Gasteiger partial charge >= 0.3 is 0 Å².